The van der Waals surface area contributed by atoms with E-state index in [0.29, 0.717) is 13.1 Å². The first-order valence-corrected chi connectivity index (χ1v) is 9.78. The third-order valence-electron chi connectivity index (χ3n) is 5.22. The summed E-state index contributed by atoms with van der Waals surface area (Å²) in [5, 5.41) is 11.8. The van der Waals surface area contributed by atoms with E-state index < -0.39 is 0 Å². The van der Waals surface area contributed by atoms with Crippen LogP contribution in [0.15, 0.2) is 60.8 Å². The normalized spacial score (nSPS) is 16.9. The summed E-state index contributed by atoms with van der Waals surface area (Å²) in [4.78, 5) is 14.7. The molecule has 6 nitrogen and oxygen atoms in total. The van der Waals surface area contributed by atoms with Crippen LogP contribution in [-0.2, 0) is 17.8 Å². The lowest BCUT2D eigenvalue weighted by Gasteiger charge is -2.34. The molecule has 0 radical (unpaired) electrons. The van der Waals surface area contributed by atoms with Crippen molar-refractivity contribution < 1.29 is 4.79 Å². The van der Waals surface area contributed by atoms with E-state index >= 15 is 0 Å². The third kappa shape index (κ3) is 4.12. The van der Waals surface area contributed by atoms with Crippen molar-refractivity contribution in [1.82, 2.24) is 25.2 Å². The van der Waals surface area contributed by atoms with E-state index in [-0.39, 0.29) is 18.5 Å². The number of hydrogen-bond donors (Lipinski definition) is 1. The predicted octanol–water partition coefficient (Wildman–Crippen LogP) is 2.68. The van der Waals surface area contributed by atoms with Crippen molar-refractivity contribution in [3.63, 3.8) is 0 Å². The number of amides is 1. The van der Waals surface area contributed by atoms with Gasteiger partial charge in [-0.2, -0.15) is 0 Å². The molecule has 0 saturated carbocycles. The summed E-state index contributed by atoms with van der Waals surface area (Å²) in [5.74, 6) is 0.0705. The van der Waals surface area contributed by atoms with Gasteiger partial charge in [0.25, 0.3) is 0 Å². The molecule has 1 aliphatic rings. The number of nitrogens with zero attached hydrogens (tertiary/aromatic N) is 4. The van der Waals surface area contributed by atoms with Crippen molar-refractivity contribution in [2.75, 3.05) is 19.6 Å². The second-order valence-corrected chi connectivity index (χ2v) is 7.11. The van der Waals surface area contributed by atoms with E-state index in [9.17, 15) is 4.79 Å². The fraction of sp³-hybridized carbons (Fsp3) is 0.318. The van der Waals surface area contributed by atoms with E-state index in [2.05, 4.69) is 46.8 Å². The van der Waals surface area contributed by atoms with Gasteiger partial charge in [0, 0.05) is 31.2 Å². The zero-order valence-electron chi connectivity index (χ0n) is 16.1. The highest BCUT2D eigenvalue weighted by molar-refractivity contribution is 5.76. The van der Waals surface area contributed by atoms with Crippen molar-refractivity contribution in [2.45, 2.75) is 25.9 Å². The molecule has 0 bridgehead atoms. The Morgan fingerprint density at radius 3 is 2.68 bits per heavy atom. The summed E-state index contributed by atoms with van der Waals surface area (Å²) in [6.45, 7) is 4.54. The van der Waals surface area contributed by atoms with E-state index in [1.165, 1.54) is 11.1 Å². The minimum absolute atomic E-state index is 0.0705. The molecule has 1 atom stereocenters. The van der Waals surface area contributed by atoms with Crippen LogP contribution >= 0.6 is 0 Å². The molecule has 3 aromatic rings. The number of nitrogens with one attached hydrogen (secondary N) is 1. The lowest BCUT2D eigenvalue weighted by molar-refractivity contribution is -0.133. The van der Waals surface area contributed by atoms with Gasteiger partial charge in [-0.3, -0.25) is 4.79 Å². The minimum Gasteiger partial charge on any atom is -0.338 e. The lowest BCUT2D eigenvalue weighted by atomic mass is 10.0. The standard InChI is InChI=1S/C22H25N5O/c1-2-17-8-10-19(11-9-17)20-14-26(13-12-23-20)22(28)16-27-15-21(24-25-27)18-6-4-3-5-7-18/h3-11,15,20,23H,2,12-14,16H2,1H3. The molecule has 0 aliphatic carbocycles. The van der Waals surface area contributed by atoms with Crippen LogP contribution < -0.4 is 5.32 Å². The average Bonchev–Trinajstić information content (AvgIpc) is 3.23. The Hall–Kier alpha value is -2.99. The largest absolute Gasteiger partial charge is 0.338 e. The summed E-state index contributed by atoms with van der Waals surface area (Å²) < 4.78 is 1.62. The summed E-state index contributed by atoms with van der Waals surface area (Å²) >= 11 is 0. The Morgan fingerprint density at radius 1 is 1.14 bits per heavy atom. The SMILES string of the molecule is CCc1ccc(C2CN(C(=O)Cn3cc(-c4ccccc4)nn3)CCN2)cc1. The fourth-order valence-electron chi connectivity index (χ4n) is 3.54. The number of carbonyl (C=O) groups excluding carboxylic acids is 1. The van der Waals surface area contributed by atoms with Crippen LogP contribution in [0.4, 0.5) is 0 Å². The highest BCUT2D eigenvalue weighted by Gasteiger charge is 2.24. The number of rotatable bonds is 5. The zero-order chi connectivity index (χ0) is 19.3. The number of aryl methyl sites for hydroxylation is 1. The van der Waals surface area contributed by atoms with Gasteiger partial charge in [0.05, 0.1) is 6.20 Å². The van der Waals surface area contributed by atoms with Crippen molar-refractivity contribution in [2.24, 2.45) is 0 Å². The zero-order valence-corrected chi connectivity index (χ0v) is 16.1. The molecule has 4 rings (SSSR count). The van der Waals surface area contributed by atoms with Gasteiger partial charge >= 0.3 is 0 Å². The van der Waals surface area contributed by atoms with Crippen LogP contribution in [0.1, 0.15) is 24.1 Å². The Bertz CT molecular complexity index is 920. The lowest BCUT2D eigenvalue weighted by Crippen LogP contribution is -2.49. The summed E-state index contributed by atoms with van der Waals surface area (Å²) in [6.07, 6.45) is 2.86. The van der Waals surface area contributed by atoms with Gasteiger partial charge in [-0.1, -0.05) is 66.7 Å². The highest BCUT2D eigenvalue weighted by atomic mass is 16.2. The van der Waals surface area contributed by atoms with Crippen molar-refractivity contribution in [1.29, 1.82) is 0 Å². The molecule has 28 heavy (non-hydrogen) atoms. The maximum atomic E-state index is 12.8. The number of hydrogen-bond acceptors (Lipinski definition) is 4. The number of aromatic nitrogens is 3. The molecule has 1 amide bonds. The molecule has 1 N–H and O–H groups in total. The topological polar surface area (TPSA) is 63.1 Å². The molecule has 1 aromatic heterocycles. The smallest absolute Gasteiger partial charge is 0.244 e. The van der Waals surface area contributed by atoms with Crippen LogP contribution in [0, 0.1) is 0 Å². The second-order valence-electron chi connectivity index (χ2n) is 7.11. The van der Waals surface area contributed by atoms with Gasteiger partial charge in [0.15, 0.2) is 0 Å². The summed E-state index contributed by atoms with van der Waals surface area (Å²) in [6, 6.07) is 18.7. The van der Waals surface area contributed by atoms with Gasteiger partial charge in [-0.15, -0.1) is 5.10 Å². The highest BCUT2D eigenvalue weighted by Crippen LogP contribution is 2.19. The van der Waals surface area contributed by atoms with Crippen molar-refractivity contribution >= 4 is 5.91 Å². The Balaban J connectivity index is 1.40. The first-order valence-electron chi connectivity index (χ1n) is 9.78. The predicted molar refractivity (Wildman–Crippen MR) is 109 cm³/mol. The first-order chi connectivity index (χ1) is 13.7. The molecular formula is C22H25N5O. The fourth-order valence-corrected chi connectivity index (χ4v) is 3.54. The van der Waals surface area contributed by atoms with Gasteiger partial charge in [0.2, 0.25) is 5.91 Å². The quantitative estimate of drug-likeness (QED) is 0.745. The molecule has 1 saturated heterocycles. The van der Waals surface area contributed by atoms with Gasteiger partial charge in [0.1, 0.15) is 12.2 Å². The molecule has 6 heteroatoms. The summed E-state index contributed by atoms with van der Waals surface area (Å²) in [5.41, 5.74) is 4.33. The Kier molecular flexibility index (Phi) is 5.48. The molecule has 1 aliphatic heterocycles. The molecule has 1 unspecified atom stereocenters. The molecule has 1 fully saturated rings. The second kappa shape index (κ2) is 8.35. The monoisotopic (exact) mass is 375 g/mol. The average molecular weight is 375 g/mol. The van der Waals surface area contributed by atoms with Crippen LogP contribution in [0.2, 0.25) is 0 Å². The number of carbonyl (C=O) groups is 1. The molecule has 0 spiro atoms. The third-order valence-corrected chi connectivity index (χ3v) is 5.22. The number of benzene rings is 2. The summed E-state index contributed by atoms with van der Waals surface area (Å²) in [7, 11) is 0. The van der Waals surface area contributed by atoms with E-state index in [4.69, 9.17) is 0 Å². The molecule has 144 valence electrons. The van der Waals surface area contributed by atoms with Crippen molar-refractivity contribution in [3.8, 4) is 11.3 Å². The maximum absolute atomic E-state index is 12.8. The van der Waals surface area contributed by atoms with Crippen LogP contribution in [0.25, 0.3) is 11.3 Å². The van der Waals surface area contributed by atoms with E-state index in [1.54, 1.807) is 4.68 Å². The van der Waals surface area contributed by atoms with Crippen molar-refractivity contribution in [3.05, 3.63) is 71.9 Å². The maximum Gasteiger partial charge on any atom is 0.244 e. The first kappa shape index (κ1) is 18.4. The minimum atomic E-state index is 0.0705. The van der Waals surface area contributed by atoms with E-state index in [1.807, 2.05) is 41.4 Å². The van der Waals surface area contributed by atoms with Crippen LogP contribution in [0.3, 0.4) is 0 Å². The molecular weight excluding hydrogens is 350 g/mol. The van der Waals surface area contributed by atoms with Gasteiger partial charge in [-0.05, 0) is 17.5 Å². The molecule has 2 heterocycles. The molecule has 2 aromatic carbocycles. The van der Waals surface area contributed by atoms with Crippen LogP contribution in [-0.4, -0.2) is 45.4 Å². The Morgan fingerprint density at radius 2 is 1.93 bits per heavy atom. The van der Waals surface area contributed by atoms with Crippen LogP contribution in [0.5, 0.6) is 0 Å². The number of piperazine rings is 1. The van der Waals surface area contributed by atoms with Gasteiger partial charge in [-0.25, -0.2) is 4.68 Å². The van der Waals surface area contributed by atoms with Gasteiger partial charge < -0.3 is 10.2 Å². The Labute approximate surface area is 165 Å². The van der Waals surface area contributed by atoms with E-state index in [0.717, 1.165) is 24.2 Å².